The van der Waals surface area contributed by atoms with Crippen LogP contribution in [0, 0.1) is 5.82 Å². The maximum absolute atomic E-state index is 13.3. The van der Waals surface area contributed by atoms with Gasteiger partial charge in [0.2, 0.25) is 5.91 Å². The quantitative estimate of drug-likeness (QED) is 0.858. The van der Waals surface area contributed by atoms with E-state index in [2.05, 4.69) is 5.32 Å². The molecule has 0 heterocycles. The van der Waals surface area contributed by atoms with Gasteiger partial charge in [0, 0.05) is 12.6 Å². The standard InChI is InChI=1S/C18H16FNO/c19-16-9-8-14-6-7-15(17(14)11-16)10-18(21)20-12-13-4-2-1-3-5-13/h1-5,8-11H,6-7,12H2,(H,20,21). The van der Waals surface area contributed by atoms with Crippen molar-refractivity contribution in [1.82, 2.24) is 5.32 Å². The Bertz CT molecular complexity index is 692. The van der Waals surface area contributed by atoms with E-state index < -0.39 is 0 Å². The molecule has 106 valence electrons. The summed E-state index contributed by atoms with van der Waals surface area (Å²) in [6.07, 6.45) is 3.25. The van der Waals surface area contributed by atoms with Crippen molar-refractivity contribution in [3.05, 3.63) is 77.1 Å². The first-order valence-corrected chi connectivity index (χ1v) is 7.03. The van der Waals surface area contributed by atoms with Gasteiger partial charge in [-0.3, -0.25) is 4.79 Å². The molecule has 1 N–H and O–H groups in total. The molecule has 0 radical (unpaired) electrons. The van der Waals surface area contributed by atoms with E-state index in [1.165, 1.54) is 12.1 Å². The lowest BCUT2D eigenvalue weighted by Crippen LogP contribution is -2.20. The van der Waals surface area contributed by atoms with Gasteiger partial charge in [0.25, 0.3) is 0 Å². The highest BCUT2D eigenvalue weighted by molar-refractivity contribution is 5.96. The second kappa shape index (κ2) is 5.92. The molecule has 0 unspecified atom stereocenters. The average Bonchev–Trinajstić information content (AvgIpc) is 2.88. The van der Waals surface area contributed by atoms with Crippen molar-refractivity contribution in [1.29, 1.82) is 0 Å². The number of fused-ring (bicyclic) bond motifs is 1. The minimum absolute atomic E-state index is 0.133. The van der Waals surface area contributed by atoms with E-state index in [0.29, 0.717) is 6.54 Å². The number of nitrogens with one attached hydrogen (secondary N) is 1. The average molecular weight is 281 g/mol. The minimum Gasteiger partial charge on any atom is -0.348 e. The third kappa shape index (κ3) is 3.19. The zero-order chi connectivity index (χ0) is 14.7. The lowest BCUT2D eigenvalue weighted by molar-refractivity contribution is -0.116. The van der Waals surface area contributed by atoms with E-state index in [4.69, 9.17) is 0 Å². The Morgan fingerprint density at radius 2 is 1.95 bits per heavy atom. The fourth-order valence-electron chi connectivity index (χ4n) is 2.61. The van der Waals surface area contributed by atoms with Crippen LogP contribution in [0.1, 0.15) is 23.1 Å². The van der Waals surface area contributed by atoms with E-state index in [-0.39, 0.29) is 11.7 Å². The number of rotatable bonds is 3. The second-order valence-electron chi connectivity index (χ2n) is 5.17. The van der Waals surface area contributed by atoms with Crippen LogP contribution in [-0.2, 0) is 17.8 Å². The van der Waals surface area contributed by atoms with Gasteiger partial charge >= 0.3 is 0 Å². The zero-order valence-electron chi connectivity index (χ0n) is 11.6. The number of halogens is 1. The summed E-state index contributed by atoms with van der Waals surface area (Å²) in [5.74, 6) is -0.391. The van der Waals surface area contributed by atoms with Crippen molar-refractivity contribution in [3.63, 3.8) is 0 Å². The highest BCUT2D eigenvalue weighted by Crippen LogP contribution is 2.32. The molecule has 1 aliphatic rings. The lowest BCUT2D eigenvalue weighted by atomic mass is 10.1. The van der Waals surface area contributed by atoms with Gasteiger partial charge in [0.05, 0.1) is 0 Å². The predicted molar refractivity (Wildman–Crippen MR) is 81.0 cm³/mol. The van der Waals surface area contributed by atoms with Gasteiger partial charge in [0.1, 0.15) is 5.82 Å². The smallest absolute Gasteiger partial charge is 0.244 e. The van der Waals surface area contributed by atoms with E-state index in [1.54, 1.807) is 12.1 Å². The van der Waals surface area contributed by atoms with Gasteiger partial charge in [0.15, 0.2) is 0 Å². The van der Waals surface area contributed by atoms with Gasteiger partial charge in [-0.25, -0.2) is 4.39 Å². The Hall–Kier alpha value is -2.42. The molecular formula is C18H16FNO. The summed E-state index contributed by atoms with van der Waals surface area (Å²) in [5.41, 5.74) is 3.94. The number of hydrogen-bond donors (Lipinski definition) is 1. The maximum Gasteiger partial charge on any atom is 0.244 e. The molecule has 3 heteroatoms. The molecule has 0 aliphatic heterocycles. The normalized spacial score (nSPS) is 15.0. The molecular weight excluding hydrogens is 265 g/mol. The molecule has 0 aromatic heterocycles. The summed E-state index contributed by atoms with van der Waals surface area (Å²) < 4.78 is 13.3. The minimum atomic E-state index is -0.258. The monoisotopic (exact) mass is 281 g/mol. The van der Waals surface area contributed by atoms with Crippen LogP contribution >= 0.6 is 0 Å². The Morgan fingerprint density at radius 3 is 2.76 bits per heavy atom. The highest BCUT2D eigenvalue weighted by atomic mass is 19.1. The van der Waals surface area contributed by atoms with Gasteiger partial charge in [-0.2, -0.15) is 0 Å². The number of aryl methyl sites for hydroxylation is 1. The Morgan fingerprint density at radius 1 is 1.14 bits per heavy atom. The second-order valence-corrected chi connectivity index (χ2v) is 5.17. The van der Waals surface area contributed by atoms with E-state index in [1.807, 2.05) is 30.3 Å². The molecule has 0 atom stereocenters. The number of allylic oxidation sites excluding steroid dienone is 1. The molecule has 1 amide bonds. The summed E-state index contributed by atoms with van der Waals surface area (Å²) in [6.45, 7) is 0.499. The van der Waals surface area contributed by atoms with E-state index in [0.717, 1.165) is 35.1 Å². The zero-order valence-corrected chi connectivity index (χ0v) is 11.6. The fourth-order valence-corrected chi connectivity index (χ4v) is 2.61. The predicted octanol–water partition coefficient (Wildman–Crippen LogP) is 3.47. The lowest BCUT2D eigenvalue weighted by Gasteiger charge is -2.04. The maximum atomic E-state index is 13.3. The van der Waals surface area contributed by atoms with Crippen LogP contribution in [0.2, 0.25) is 0 Å². The summed E-state index contributed by atoms with van der Waals surface area (Å²) in [6, 6.07) is 14.5. The molecule has 2 aromatic carbocycles. The number of amides is 1. The van der Waals surface area contributed by atoms with Crippen LogP contribution < -0.4 is 5.32 Å². The fraction of sp³-hybridized carbons (Fsp3) is 0.167. The molecule has 0 saturated carbocycles. The number of carbonyl (C=O) groups excluding carboxylic acids is 1. The van der Waals surface area contributed by atoms with Crippen LogP contribution in [0.5, 0.6) is 0 Å². The van der Waals surface area contributed by atoms with Crippen molar-refractivity contribution in [2.24, 2.45) is 0 Å². The third-order valence-electron chi connectivity index (χ3n) is 3.70. The van der Waals surface area contributed by atoms with Crippen molar-refractivity contribution in [2.45, 2.75) is 19.4 Å². The van der Waals surface area contributed by atoms with Crippen LogP contribution in [0.3, 0.4) is 0 Å². The van der Waals surface area contributed by atoms with Gasteiger partial charge < -0.3 is 5.32 Å². The van der Waals surface area contributed by atoms with Gasteiger partial charge in [-0.15, -0.1) is 0 Å². The largest absolute Gasteiger partial charge is 0.348 e. The topological polar surface area (TPSA) is 29.1 Å². The first kappa shape index (κ1) is 13.6. The first-order valence-electron chi connectivity index (χ1n) is 7.03. The van der Waals surface area contributed by atoms with Crippen LogP contribution in [-0.4, -0.2) is 5.91 Å². The van der Waals surface area contributed by atoms with Crippen molar-refractivity contribution >= 4 is 11.5 Å². The van der Waals surface area contributed by atoms with Crippen molar-refractivity contribution < 1.29 is 9.18 Å². The molecule has 2 aromatic rings. The molecule has 0 bridgehead atoms. The summed E-state index contributed by atoms with van der Waals surface area (Å²) in [7, 11) is 0. The van der Waals surface area contributed by atoms with E-state index in [9.17, 15) is 9.18 Å². The molecule has 21 heavy (non-hydrogen) atoms. The van der Waals surface area contributed by atoms with Crippen LogP contribution in [0.15, 0.2) is 54.6 Å². The number of benzene rings is 2. The molecule has 3 rings (SSSR count). The summed E-state index contributed by atoms with van der Waals surface area (Å²) >= 11 is 0. The highest BCUT2D eigenvalue weighted by Gasteiger charge is 2.17. The van der Waals surface area contributed by atoms with Gasteiger partial charge in [-0.1, -0.05) is 36.4 Å². The Labute approximate surface area is 123 Å². The summed E-state index contributed by atoms with van der Waals surface area (Å²) in [4.78, 5) is 12.0. The van der Waals surface area contributed by atoms with Crippen molar-refractivity contribution in [3.8, 4) is 0 Å². The molecule has 0 fully saturated rings. The van der Waals surface area contributed by atoms with Crippen LogP contribution in [0.4, 0.5) is 4.39 Å². The first-order chi connectivity index (χ1) is 10.2. The molecule has 2 nitrogen and oxygen atoms in total. The third-order valence-corrected chi connectivity index (χ3v) is 3.70. The number of carbonyl (C=O) groups is 1. The molecule has 1 aliphatic carbocycles. The Balaban J connectivity index is 1.69. The van der Waals surface area contributed by atoms with Gasteiger partial charge in [-0.05, 0) is 47.2 Å². The molecule has 0 saturated heterocycles. The van der Waals surface area contributed by atoms with Crippen molar-refractivity contribution in [2.75, 3.05) is 0 Å². The van der Waals surface area contributed by atoms with Crippen LogP contribution in [0.25, 0.3) is 5.57 Å². The summed E-state index contributed by atoms with van der Waals surface area (Å²) in [5, 5.41) is 2.86. The Kier molecular flexibility index (Phi) is 3.82. The SMILES string of the molecule is O=C(C=C1CCc2ccc(F)cc21)NCc1ccccc1. The van der Waals surface area contributed by atoms with E-state index >= 15 is 0 Å². The number of hydrogen-bond acceptors (Lipinski definition) is 1. The molecule has 0 spiro atoms.